The number of nitrogens with one attached hydrogen (secondary N) is 1. The van der Waals surface area contributed by atoms with Gasteiger partial charge in [-0.1, -0.05) is 33.6 Å². The van der Waals surface area contributed by atoms with E-state index in [1.807, 2.05) is 13.8 Å². The third-order valence-electron chi connectivity index (χ3n) is 2.05. The van der Waals surface area contributed by atoms with Crippen molar-refractivity contribution in [3.8, 4) is 0 Å². The molecule has 0 aromatic heterocycles. The van der Waals surface area contributed by atoms with E-state index in [4.69, 9.17) is 5.84 Å². The molecule has 3 N–H and O–H groups in total. The van der Waals surface area contributed by atoms with Gasteiger partial charge in [0.1, 0.15) is 0 Å². The van der Waals surface area contributed by atoms with E-state index in [0.29, 0.717) is 5.92 Å². The van der Waals surface area contributed by atoms with E-state index in [1.54, 1.807) is 11.8 Å². The molecule has 0 fully saturated rings. The number of carbonyl (C=O) groups excluding carboxylic acids is 1. The molecule has 0 saturated carbocycles. The van der Waals surface area contributed by atoms with Crippen molar-refractivity contribution in [1.29, 1.82) is 0 Å². The highest BCUT2D eigenvalue weighted by molar-refractivity contribution is 8.00. The average Bonchev–Trinajstić information content (AvgIpc) is 2.16. The molecule has 0 aliphatic heterocycles. The van der Waals surface area contributed by atoms with Crippen LogP contribution >= 0.6 is 11.8 Å². The number of thioether (sulfide) groups is 1. The molecule has 14 heavy (non-hydrogen) atoms. The van der Waals surface area contributed by atoms with Gasteiger partial charge < -0.3 is 0 Å². The van der Waals surface area contributed by atoms with E-state index in [9.17, 15) is 4.79 Å². The Morgan fingerprint density at radius 2 is 2.07 bits per heavy atom. The van der Waals surface area contributed by atoms with Crippen LogP contribution in [0.5, 0.6) is 0 Å². The minimum absolute atomic E-state index is 0.00291. The van der Waals surface area contributed by atoms with Gasteiger partial charge in [-0.25, -0.2) is 5.84 Å². The van der Waals surface area contributed by atoms with Crippen LogP contribution in [0.3, 0.4) is 0 Å². The number of hydrazine groups is 1. The Morgan fingerprint density at radius 3 is 2.50 bits per heavy atom. The largest absolute Gasteiger partial charge is 0.293 e. The van der Waals surface area contributed by atoms with Gasteiger partial charge >= 0.3 is 0 Å². The van der Waals surface area contributed by atoms with Crippen LogP contribution in [0.25, 0.3) is 0 Å². The highest BCUT2D eigenvalue weighted by Crippen LogP contribution is 2.20. The smallest absolute Gasteiger partial charge is 0.247 e. The minimum Gasteiger partial charge on any atom is -0.293 e. The predicted molar refractivity (Wildman–Crippen MR) is 62.9 cm³/mol. The van der Waals surface area contributed by atoms with Gasteiger partial charge in [0, 0.05) is 0 Å². The standard InChI is InChI=1S/C10H22N2OS/c1-4-5-6-7-14-9(8(2)3)10(13)12-11/h8-9H,4-7,11H2,1-3H3,(H,12,13). The Hall–Kier alpha value is -0.220. The van der Waals surface area contributed by atoms with Crippen molar-refractivity contribution in [3.05, 3.63) is 0 Å². The molecule has 1 unspecified atom stereocenters. The summed E-state index contributed by atoms with van der Waals surface area (Å²) in [6.45, 7) is 6.27. The van der Waals surface area contributed by atoms with Crippen LogP contribution in [-0.4, -0.2) is 16.9 Å². The first-order valence-electron chi connectivity index (χ1n) is 5.25. The van der Waals surface area contributed by atoms with E-state index in [-0.39, 0.29) is 11.2 Å². The van der Waals surface area contributed by atoms with Crippen LogP contribution in [-0.2, 0) is 4.79 Å². The Bertz CT molecular complexity index is 162. The van der Waals surface area contributed by atoms with Gasteiger partial charge in [0.2, 0.25) is 5.91 Å². The molecule has 0 aliphatic carbocycles. The van der Waals surface area contributed by atoms with E-state index in [1.165, 1.54) is 19.3 Å². The van der Waals surface area contributed by atoms with Crippen molar-refractivity contribution in [2.75, 3.05) is 5.75 Å². The first kappa shape index (κ1) is 13.8. The molecular weight excluding hydrogens is 196 g/mol. The van der Waals surface area contributed by atoms with Crippen molar-refractivity contribution in [3.63, 3.8) is 0 Å². The fourth-order valence-corrected chi connectivity index (χ4v) is 2.44. The molecule has 0 rings (SSSR count). The maximum absolute atomic E-state index is 11.4. The van der Waals surface area contributed by atoms with Crippen molar-refractivity contribution < 1.29 is 4.79 Å². The molecule has 0 heterocycles. The van der Waals surface area contributed by atoms with Crippen LogP contribution in [0.1, 0.15) is 40.0 Å². The monoisotopic (exact) mass is 218 g/mol. The summed E-state index contributed by atoms with van der Waals surface area (Å²) in [7, 11) is 0. The maximum Gasteiger partial charge on any atom is 0.247 e. The molecule has 0 spiro atoms. The van der Waals surface area contributed by atoms with E-state index >= 15 is 0 Å². The molecule has 84 valence electrons. The van der Waals surface area contributed by atoms with Crippen molar-refractivity contribution in [1.82, 2.24) is 5.43 Å². The van der Waals surface area contributed by atoms with Gasteiger partial charge in [-0.05, 0) is 18.1 Å². The van der Waals surface area contributed by atoms with E-state index < -0.39 is 0 Å². The average molecular weight is 218 g/mol. The zero-order chi connectivity index (χ0) is 11.0. The minimum atomic E-state index is -0.0542. The second-order valence-electron chi connectivity index (χ2n) is 3.75. The zero-order valence-corrected chi connectivity index (χ0v) is 10.2. The molecule has 4 heteroatoms. The van der Waals surface area contributed by atoms with E-state index in [2.05, 4.69) is 12.3 Å². The Balaban J connectivity index is 3.80. The summed E-state index contributed by atoms with van der Waals surface area (Å²) in [6.07, 6.45) is 3.64. The molecule has 0 bridgehead atoms. The number of hydrogen-bond donors (Lipinski definition) is 2. The van der Waals surface area contributed by atoms with Gasteiger partial charge in [-0.15, -0.1) is 11.8 Å². The van der Waals surface area contributed by atoms with Crippen molar-refractivity contribution in [2.45, 2.75) is 45.3 Å². The summed E-state index contributed by atoms with van der Waals surface area (Å²) >= 11 is 1.71. The van der Waals surface area contributed by atoms with Crippen LogP contribution < -0.4 is 11.3 Å². The van der Waals surface area contributed by atoms with Gasteiger partial charge in [0.15, 0.2) is 0 Å². The fraction of sp³-hybridized carbons (Fsp3) is 0.900. The number of hydrogen-bond acceptors (Lipinski definition) is 3. The van der Waals surface area contributed by atoms with Gasteiger partial charge in [0.25, 0.3) is 0 Å². The lowest BCUT2D eigenvalue weighted by atomic mass is 10.1. The third-order valence-corrected chi connectivity index (χ3v) is 3.69. The van der Waals surface area contributed by atoms with Crippen LogP contribution in [0, 0.1) is 5.92 Å². The van der Waals surface area contributed by atoms with Crippen LogP contribution in [0.2, 0.25) is 0 Å². The first-order valence-corrected chi connectivity index (χ1v) is 6.30. The summed E-state index contributed by atoms with van der Waals surface area (Å²) in [5.74, 6) is 6.46. The topological polar surface area (TPSA) is 55.1 Å². The number of nitrogens with two attached hydrogens (primary N) is 1. The number of rotatable bonds is 7. The summed E-state index contributed by atoms with van der Waals surface area (Å²) < 4.78 is 0. The summed E-state index contributed by atoms with van der Waals surface area (Å²) in [5.41, 5.74) is 2.23. The maximum atomic E-state index is 11.4. The Kier molecular flexibility index (Phi) is 7.99. The number of carbonyl (C=O) groups is 1. The Morgan fingerprint density at radius 1 is 1.43 bits per heavy atom. The zero-order valence-electron chi connectivity index (χ0n) is 9.38. The molecule has 1 amide bonds. The second-order valence-corrected chi connectivity index (χ2v) is 5.00. The highest BCUT2D eigenvalue weighted by Gasteiger charge is 2.21. The van der Waals surface area contributed by atoms with E-state index in [0.717, 1.165) is 5.75 Å². The summed E-state index contributed by atoms with van der Waals surface area (Å²) in [6, 6.07) is 0. The predicted octanol–water partition coefficient (Wildman–Crippen LogP) is 1.92. The van der Waals surface area contributed by atoms with Gasteiger partial charge in [-0.2, -0.15) is 0 Å². The number of unbranched alkanes of at least 4 members (excludes halogenated alkanes) is 2. The second kappa shape index (κ2) is 8.12. The normalized spacial score (nSPS) is 12.9. The Labute approximate surface area is 91.2 Å². The van der Waals surface area contributed by atoms with Crippen LogP contribution in [0.4, 0.5) is 0 Å². The molecule has 0 aromatic carbocycles. The van der Waals surface area contributed by atoms with Crippen LogP contribution in [0.15, 0.2) is 0 Å². The summed E-state index contributed by atoms with van der Waals surface area (Å²) in [4.78, 5) is 11.4. The lowest BCUT2D eigenvalue weighted by Gasteiger charge is -2.18. The van der Waals surface area contributed by atoms with Gasteiger partial charge in [-0.3, -0.25) is 10.2 Å². The fourth-order valence-electron chi connectivity index (χ4n) is 1.22. The van der Waals surface area contributed by atoms with Gasteiger partial charge in [0.05, 0.1) is 5.25 Å². The SMILES string of the molecule is CCCCCSC(C(=O)NN)C(C)C. The first-order chi connectivity index (χ1) is 6.63. The number of amides is 1. The molecule has 3 nitrogen and oxygen atoms in total. The van der Waals surface area contributed by atoms with Crippen molar-refractivity contribution >= 4 is 17.7 Å². The molecule has 0 aromatic rings. The highest BCUT2D eigenvalue weighted by atomic mass is 32.2. The molecule has 1 atom stereocenters. The molecule has 0 aliphatic rings. The third kappa shape index (κ3) is 5.50. The van der Waals surface area contributed by atoms with Crippen molar-refractivity contribution in [2.24, 2.45) is 11.8 Å². The lowest BCUT2D eigenvalue weighted by Crippen LogP contribution is -2.40. The lowest BCUT2D eigenvalue weighted by molar-refractivity contribution is -0.121. The quantitative estimate of drug-likeness (QED) is 0.297. The molecule has 0 radical (unpaired) electrons. The summed E-state index contributed by atoms with van der Waals surface area (Å²) in [5, 5.41) is -0.00291. The molecular formula is C10H22N2OS. The molecule has 0 saturated heterocycles.